The zero-order chi connectivity index (χ0) is 32.3. The van der Waals surface area contributed by atoms with Crippen LogP contribution in [0.25, 0.3) is 97.7 Å². The molecule has 0 amide bonds. The van der Waals surface area contributed by atoms with Crippen molar-refractivity contribution in [1.82, 2.24) is 24.9 Å². The van der Waals surface area contributed by atoms with Crippen LogP contribution in [0.3, 0.4) is 0 Å². The van der Waals surface area contributed by atoms with Gasteiger partial charge < -0.3 is 4.42 Å². The van der Waals surface area contributed by atoms with Gasteiger partial charge in [0.05, 0.1) is 26.0 Å². The van der Waals surface area contributed by atoms with Crippen molar-refractivity contribution in [1.29, 1.82) is 0 Å². The van der Waals surface area contributed by atoms with E-state index < -0.39 is 0 Å². The van der Waals surface area contributed by atoms with Gasteiger partial charge >= 0.3 is 0 Å². The Balaban J connectivity index is 1.13. The third-order valence-electron chi connectivity index (χ3n) is 8.64. The number of aromatic nitrogens is 5. The van der Waals surface area contributed by atoms with Crippen molar-refractivity contribution in [2.24, 2.45) is 0 Å². The molecule has 0 fully saturated rings. The molecule has 0 bridgehead atoms. The van der Waals surface area contributed by atoms with Gasteiger partial charge in [0.25, 0.3) is 0 Å². The molecule has 6 nitrogen and oxygen atoms in total. The summed E-state index contributed by atoms with van der Waals surface area (Å²) in [6.07, 6.45) is 0. The first-order chi connectivity index (χ1) is 24.2. The first-order valence-electron chi connectivity index (χ1n) is 15.8. The molecule has 10 rings (SSSR count). The lowest BCUT2D eigenvalue weighted by atomic mass is 10.0. The molecular formula is C41H23N5OS2. The second-order valence-corrected chi connectivity index (χ2v) is 13.7. The molecule has 0 aliphatic carbocycles. The van der Waals surface area contributed by atoms with Gasteiger partial charge in [0.1, 0.15) is 21.2 Å². The molecule has 0 atom stereocenters. The van der Waals surface area contributed by atoms with Crippen molar-refractivity contribution < 1.29 is 4.42 Å². The highest BCUT2D eigenvalue weighted by atomic mass is 32.1. The minimum absolute atomic E-state index is 0.581. The van der Waals surface area contributed by atoms with Crippen LogP contribution in [0.15, 0.2) is 144 Å². The van der Waals surface area contributed by atoms with Crippen LogP contribution in [0.4, 0.5) is 0 Å². The van der Waals surface area contributed by atoms with Gasteiger partial charge in [-0.2, -0.15) is 0 Å². The summed E-state index contributed by atoms with van der Waals surface area (Å²) in [6, 6.07) is 47.1. The molecule has 4 heterocycles. The number of nitrogens with zero attached hydrogens (tertiary/aromatic N) is 5. The number of furan rings is 1. The van der Waals surface area contributed by atoms with E-state index in [9.17, 15) is 0 Å². The fourth-order valence-corrected chi connectivity index (χ4v) is 8.25. The average molecular weight is 666 g/mol. The van der Waals surface area contributed by atoms with Crippen LogP contribution in [0.1, 0.15) is 0 Å². The first-order valence-corrected chi connectivity index (χ1v) is 17.5. The van der Waals surface area contributed by atoms with Gasteiger partial charge in [0.2, 0.25) is 0 Å². The van der Waals surface area contributed by atoms with E-state index in [1.54, 1.807) is 22.7 Å². The standard InChI is InChI=1S/C41H23N5OS2/c1-2-10-24(11-3-1)37-44-38(25-20-22-26(23-21-25)40-42-30-15-4-6-18-33(30)48-40)46-39(45-37)28-13-9-17-32-35(28)27-12-8-14-29(36(27)47-32)41-43-31-16-5-7-19-34(31)49-41/h1-23H. The van der Waals surface area contributed by atoms with Crippen LogP contribution in [0.2, 0.25) is 0 Å². The lowest BCUT2D eigenvalue weighted by Crippen LogP contribution is -2.00. The summed E-state index contributed by atoms with van der Waals surface area (Å²) in [6.45, 7) is 0. The van der Waals surface area contributed by atoms with Gasteiger partial charge in [-0.3, -0.25) is 0 Å². The molecule has 230 valence electrons. The number of rotatable bonds is 5. The minimum Gasteiger partial charge on any atom is -0.455 e. The number of hydrogen-bond acceptors (Lipinski definition) is 8. The maximum Gasteiger partial charge on any atom is 0.164 e. The van der Waals surface area contributed by atoms with E-state index in [0.29, 0.717) is 17.5 Å². The molecular weight excluding hydrogens is 643 g/mol. The Labute approximate surface area is 288 Å². The van der Waals surface area contributed by atoms with Crippen LogP contribution in [0.5, 0.6) is 0 Å². The third-order valence-corrected chi connectivity index (χ3v) is 10.8. The van der Waals surface area contributed by atoms with Gasteiger partial charge in [-0.15, -0.1) is 22.7 Å². The summed E-state index contributed by atoms with van der Waals surface area (Å²) in [4.78, 5) is 24.9. The van der Waals surface area contributed by atoms with E-state index >= 15 is 0 Å². The van der Waals surface area contributed by atoms with Crippen LogP contribution < -0.4 is 0 Å². The fraction of sp³-hybridized carbons (Fsp3) is 0. The molecule has 0 aliphatic rings. The predicted octanol–water partition coefficient (Wildman–Crippen LogP) is 11.3. The average Bonchev–Trinajstić information content (AvgIpc) is 3.90. The van der Waals surface area contributed by atoms with Crippen molar-refractivity contribution >= 4 is 65.0 Å². The topological polar surface area (TPSA) is 77.6 Å². The van der Waals surface area contributed by atoms with E-state index in [4.69, 9.17) is 29.3 Å². The number of fused-ring (bicyclic) bond motifs is 5. The molecule has 0 aliphatic heterocycles. The van der Waals surface area contributed by atoms with Gasteiger partial charge in [-0.25, -0.2) is 24.9 Å². The molecule has 0 spiro atoms. The molecule has 8 heteroatoms. The molecule has 4 aromatic heterocycles. The third kappa shape index (κ3) is 4.80. The van der Waals surface area contributed by atoms with Crippen molar-refractivity contribution in [3.05, 3.63) is 140 Å². The van der Waals surface area contributed by atoms with E-state index in [1.165, 1.54) is 4.70 Å². The van der Waals surface area contributed by atoms with Crippen LogP contribution in [0, 0.1) is 0 Å². The highest BCUT2D eigenvalue weighted by Crippen LogP contribution is 2.42. The molecule has 0 saturated heterocycles. The molecule has 49 heavy (non-hydrogen) atoms. The van der Waals surface area contributed by atoms with Crippen LogP contribution >= 0.6 is 22.7 Å². The molecule has 6 aromatic carbocycles. The smallest absolute Gasteiger partial charge is 0.164 e. The van der Waals surface area contributed by atoms with Crippen LogP contribution in [-0.2, 0) is 0 Å². The Bertz CT molecular complexity index is 2770. The van der Waals surface area contributed by atoms with Gasteiger partial charge in [-0.05, 0) is 36.4 Å². The van der Waals surface area contributed by atoms with E-state index in [-0.39, 0.29) is 0 Å². The summed E-state index contributed by atoms with van der Waals surface area (Å²) >= 11 is 3.36. The second-order valence-electron chi connectivity index (χ2n) is 11.7. The molecule has 0 radical (unpaired) electrons. The van der Waals surface area contributed by atoms with Crippen LogP contribution in [-0.4, -0.2) is 24.9 Å². The summed E-state index contributed by atoms with van der Waals surface area (Å²) in [5.41, 5.74) is 8.27. The second kappa shape index (κ2) is 11.3. The van der Waals surface area contributed by atoms with E-state index in [2.05, 4.69) is 60.7 Å². The van der Waals surface area contributed by atoms with Gasteiger partial charge in [0.15, 0.2) is 17.5 Å². The van der Waals surface area contributed by atoms with E-state index in [1.807, 2.05) is 78.9 Å². The maximum absolute atomic E-state index is 6.59. The molecule has 0 saturated carbocycles. The Morgan fingerprint density at radius 2 is 0.980 bits per heavy atom. The fourth-order valence-electron chi connectivity index (χ4n) is 6.29. The summed E-state index contributed by atoms with van der Waals surface area (Å²) < 4.78 is 8.91. The summed E-state index contributed by atoms with van der Waals surface area (Å²) in [7, 11) is 0. The number of benzene rings is 6. The quantitative estimate of drug-likeness (QED) is 0.182. The summed E-state index contributed by atoms with van der Waals surface area (Å²) in [5.74, 6) is 1.79. The maximum atomic E-state index is 6.59. The van der Waals surface area contributed by atoms with E-state index in [0.717, 1.165) is 75.5 Å². The zero-order valence-corrected chi connectivity index (χ0v) is 27.4. The van der Waals surface area contributed by atoms with Gasteiger partial charge in [-0.1, -0.05) is 103 Å². The molecule has 10 aromatic rings. The summed E-state index contributed by atoms with van der Waals surface area (Å²) in [5, 5.41) is 3.86. The van der Waals surface area contributed by atoms with Crippen molar-refractivity contribution in [2.45, 2.75) is 0 Å². The highest BCUT2D eigenvalue weighted by molar-refractivity contribution is 7.22. The Hall–Kier alpha value is -6.09. The largest absolute Gasteiger partial charge is 0.455 e. The predicted molar refractivity (Wildman–Crippen MR) is 201 cm³/mol. The Morgan fingerprint density at radius 3 is 1.71 bits per heavy atom. The minimum atomic E-state index is 0.581. The highest BCUT2D eigenvalue weighted by Gasteiger charge is 2.20. The Kier molecular flexibility index (Phi) is 6.43. The van der Waals surface area contributed by atoms with Crippen molar-refractivity contribution in [3.63, 3.8) is 0 Å². The number of para-hydroxylation sites is 3. The number of thiazole rings is 2. The molecule has 0 unspecified atom stereocenters. The van der Waals surface area contributed by atoms with Crippen molar-refractivity contribution in [2.75, 3.05) is 0 Å². The van der Waals surface area contributed by atoms with Gasteiger partial charge in [0, 0.05) is 33.0 Å². The molecule has 0 N–H and O–H groups in total. The first kappa shape index (κ1) is 28.0. The number of hydrogen-bond donors (Lipinski definition) is 0. The Morgan fingerprint density at radius 1 is 0.408 bits per heavy atom. The van der Waals surface area contributed by atoms with Crippen molar-refractivity contribution in [3.8, 4) is 55.3 Å². The monoisotopic (exact) mass is 665 g/mol. The SMILES string of the molecule is c1ccc(-c2nc(-c3ccc(-c4nc5ccccc5s4)cc3)nc(-c3cccc4oc5c(-c6nc7ccccc7s6)cccc5c34)n2)cc1. The lowest BCUT2D eigenvalue weighted by Gasteiger charge is -2.09. The normalized spacial score (nSPS) is 11.7. The zero-order valence-electron chi connectivity index (χ0n) is 25.7. The lowest BCUT2D eigenvalue weighted by molar-refractivity contribution is 0.670.